The molecule has 0 saturated carbocycles. The quantitative estimate of drug-likeness (QED) is 0.764. The van der Waals surface area contributed by atoms with Crippen molar-refractivity contribution in [1.29, 1.82) is 0 Å². The molecule has 1 N–H and O–H groups in total. The predicted octanol–water partition coefficient (Wildman–Crippen LogP) is 3.16. The van der Waals surface area contributed by atoms with Crippen LogP contribution in [-0.4, -0.2) is 45.2 Å². The topological polar surface area (TPSA) is 79.2 Å². The molecule has 0 spiro atoms. The number of phenolic OH excluding ortho intramolecular Hbond substituents is 1. The summed E-state index contributed by atoms with van der Waals surface area (Å²) in [6.07, 6.45) is 1.47. The fourth-order valence-electron chi connectivity index (χ4n) is 1.92. The fraction of sp³-hybridized carbons (Fsp3) is 0.188. The molecule has 0 atom stereocenters. The first-order valence-electron chi connectivity index (χ1n) is 6.89. The van der Waals surface area contributed by atoms with E-state index in [2.05, 4.69) is 20.9 Å². The van der Waals surface area contributed by atoms with Gasteiger partial charge in [-0.25, -0.2) is 12.7 Å². The van der Waals surface area contributed by atoms with Gasteiger partial charge in [-0.15, -0.1) is 0 Å². The third kappa shape index (κ3) is 3.95. The second kappa shape index (κ2) is 7.33. The van der Waals surface area contributed by atoms with Crippen molar-refractivity contribution in [3.05, 3.63) is 46.4 Å². The maximum Gasteiger partial charge on any atom is 0.246 e. The number of aliphatic imine (C=N–C) groups is 1. The number of hydrogen-bond donors (Lipinski definition) is 1. The van der Waals surface area contributed by atoms with Crippen LogP contribution in [0.3, 0.4) is 0 Å². The second-order valence-electron chi connectivity index (χ2n) is 5.08. The molecule has 0 aliphatic rings. The number of halogens is 1. The lowest BCUT2D eigenvalue weighted by atomic mass is 10.2. The van der Waals surface area contributed by atoms with Crippen molar-refractivity contribution in [1.82, 2.24) is 4.31 Å². The third-order valence-electron chi connectivity index (χ3n) is 3.25. The third-order valence-corrected chi connectivity index (χ3v) is 5.58. The lowest BCUT2D eigenvalue weighted by Crippen LogP contribution is -2.22. The number of nitrogens with zero attached hydrogens (tertiary/aromatic N) is 2. The molecule has 0 amide bonds. The van der Waals surface area contributed by atoms with Crippen molar-refractivity contribution in [3.8, 4) is 11.5 Å². The minimum atomic E-state index is -3.66. The van der Waals surface area contributed by atoms with Gasteiger partial charge in [0.2, 0.25) is 10.0 Å². The van der Waals surface area contributed by atoms with E-state index in [0.717, 1.165) is 8.78 Å². The first kappa shape index (κ1) is 18.4. The molecule has 6 nitrogen and oxygen atoms in total. The van der Waals surface area contributed by atoms with Crippen molar-refractivity contribution < 1.29 is 18.3 Å². The Morgan fingerprint density at radius 3 is 2.54 bits per heavy atom. The number of aromatic hydroxyl groups is 1. The molecule has 0 fully saturated rings. The Kier molecular flexibility index (Phi) is 5.63. The summed E-state index contributed by atoms with van der Waals surface area (Å²) in [4.78, 5) is 4.27. The Balaban J connectivity index is 2.46. The molecule has 0 saturated heterocycles. The molecule has 24 heavy (non-hydrogen) atoms. The van der Waals surface area contributed by atoms with Crippen LogP contribution >= 0.6 is 15.9 Å². The molecule has 0 bridgehead atoms. The first-order valence-corrected chi connectivity index (χ1v) is 9.12. The maximum atomic E-state index is 12.4. The smallest absolute Gasteiger partial charge is 0.246 e. The van der Waals surface area contributed by atoms with Gasteiger partial charge in [-0.1, -0.05) is 15.9 Å². The molecule has 2 aromatic carbocycles. The summed E-state index contributed by atoms with van der Waals surface area (Å²) in [5.74, 6) is 0.324. The molecule has 2 aromatic rings. The number of rotatable bonds is 5. The average Bonchev–Trinajstić information content (AvgIpc) is 2.55. The van der Waals surface area contributed by atoms with Gasteiger partial charge in [0.25, 0.3) is 0 Å². The highest BCUT2D eigenvalue weighted by atomic mass is 79.9. The van der Waals surface area contributed by atoms with E-state index in [-0.39, 0.29) is 16.4 Å². The highest BCUT2D eigenvalue weighted by Crippen LogP contribution is 2.30. The van der Waals surface area contributed by atoms with Gasteiger partial charge in [0.1, 0.15) is 16.4 Å². The van der Waals surface area contributed by atoms with E-state index < -0.39 is 10.0 Å². The van der Waals surface area contributed by atoms with Crippen LogP contribution in [0.2, 0.25) is 0 Å². The lowest BCUT2D eigenvalue weighted by Gasteiger charge is -2.14. The van der Waals surface area contributed by atoms with Gasteiger partial charge in [-0.2, -0.15) is 0 Å². The monoisotopic (exact) mass is 412 g/mol. The number of sulfonamides is 1. The van der Waals surface area contributed by atoms with Crippen LogP contribution < -0.4 is 4.74 Å². The van der Waals surface area contributed by atoms with Crippen molar-refractivity contribution >= 4 is 37.9 Å². The normalized spacial score (nSPS) is 12.0. The highest BCUT2D eigenvalue weighted by molar-refractivity contribution is 9.10. The van der Waals surface area contributed by atoms with Crippen LogP contribution in [-0.2, 0) is 10.0 Å². The van der Waals surface area contributed by atoms with Crippen molar-refractivity contribution in [3.63, 3.8) is 0 Å². The Morgan fingerprint density at radius 1 is 1.21 bits per heavy atom. The number of benzene rings is 2. The van der Waals surface area contributed by atoms with Gasteiger partial charge in [0.05, 0.1) is 12.8 Å². The van der Waals surface area contributed by atoms with Gasteiger partial charge in [-0.3, -0.25) is 4.99 Å². The number of hydrogen-bond acceptors (Lipinski definition) is 5. The van der Waals surface area contributed by atoms with Gasteiger partial charge in [-0.05, 0) is 36.4 Å². The fourth-order valence-corrected chi connectivity index (χ4v) is 3.36. The van der Waals surface area contributed by atoms with Gasteiger partial charge < -0.3 is 9.84 Å². The molecule has 0 aromatic heterocycles. The summed E-state index contributed by atoms with van der Waals surface area (Å²) in [7, 11) is 0.644. The van der Waals surface area contributed by atoms with Crippen LogP contribution in [0.25, 0.3) is 0 Å². The Morgan fingerprint density at radius 2 is 1.92 bits per heavy atom. The van der Waals surface area contributed by atoms with E-state index in [0.29, 0.717) is 11.3 Å². The van der Waals surface area contributed by atoms with Crippen molar-refractivity contribution in [2.45, 2.75) is 4.90 Å². The lowest BCUT2D eigenvalue weighted by molar-refractivity contribution is 0.400. The number of methoxy groups -OCH3 is 1. The maximum absolute atomic E-state index is 12.4. The largest absolute Gasteiger partial charge is 0.507 e. The van der Waals surface area contributed by atoms with Crippen molar-refractivity contribution in [2.75, 3.05) is 21.2 Å². The molecule has 128 valence electrons. The molecule has 8 heteroatoms. The minimum absolute atomic E-state index is 0.0307. The van der Waals surface area contributed by atoms with Crippen LogP contribution in [0.15, 0.2) is 50.8 Å². The van der Waals surface area contributed by atoms with E-state index in [1.807, 2.05) is 0 Å². The summed E-state index contributed by atoms with van der Waals surface area (Å²) < 4.78 is 31.8. The molecule has 0 heterocycles. The number of ether oxygens (including phenoxy) is 1. The van der Waals surface area contributed by atoms with Gasteiger partial charge in [0.15, 0.2) is 0 Å². The Labute approximate surface area is 149 Å². The summed E-state index contributed by atoms with van der Waals surface area (Å²) >= 11 is 3.32. The van der Waals surface area contributed by atoms with Crippen molar-refractivity contribution in [2.24, 2.45) is 4.99 Å². The minimum Gasteiger partial charge on any atom is -0.507 e. The van der Waals surface area contributed by atoms with Crippen LogP contribution in [0.5, 0.6) is 11.5 Å². The molecular weight excluding hydrogens is 396 g/mol. The zero-order valence-electron chi connectivity index (χ0n) is 13.4. The molecule has 0 radical (unpaired) electrons. The molecule has 0 aliphatic heterocycles. The van der Waals surface area contributed by atoms with Crippen LogP contribution in [0, 0.1) is 0 Å². The summed E-state index contributed by atoms with van der Waals surface area (Å²) in [6, 6.07) is 9.58. The number of phenols is 1. The van der Waals surface area contributed by atoms with E-state index in [4.69, 9.17) is 4.74 Å². The standard InChI is InChI=1S/C16H17BrN2O4S/c1-19(2)24(21,22)16-9-13(5-7-15(16)23-3)18-10-11-8-12(17)4-6-14(11)20/h4-10,20H,1-3H3. The zero-order chi connectivity index (χ0) is 17.9. The summed E-state index contributed by atoms with van der Waals surface area (Å²) in [5, 5.41) is 9.82. The van der Waals surface area contributed by atoms with E-state index in [1.165, 1.54) is 33.5 Å². The molecule has 0 aliphatic carbocycles. The van der Waals surface area contributed by atoms with E-state index >= 15 is 0 Å². The SMILES string of the molecule is COc1ccc(N=Cc2cc(Br)ccc2O)cc1S(=O)(=O)N(C)C. The Hall–Kier alpha value is -1.90. The Bertz CT molecular complexity index is 880. The first-order chi connectivity index (χ1) is 11.3. The second-order valence-corrected chi connectivity index (χ2v) is 8.12. The molecule has 2 rings (SSSR count). The molecule has 0 unspecified atom stereocenters. The van der Waals surface area contributed by atoms with E-state index in [9.17, 15) is 13.5 Å². The average molecular weight is 413 g/mol. The molecular formula is C16H17BrN2O4S. The van der Waals surface area contributed by atoms with Gasteiger partial charge >= 0.3 is 0 Å². The summed E-state index contributed by atoms with van der Waals surface area (Å²) in [5.41, 5.74) is 0.938. The summed E-state index contributed by atoms with van der Waals surface area (Å²) in [6.45, 7) is 0. The van der Waals surface area contributed by atoms with Crippen LogP contribution in [0.4, 0.5) is 5.69 Å². The van der Waals surface area contributed by atoms with Gasteiger partial charge in [0, 0.05) is 30.3 Å². The zero-order valence-corrected chi connectivity index (χ0v) is 15.8. The highest BCUT2D eigenvalue weighted by Gasteiger charge is 2.22. The van der Waals surface area contributed by atoms with E-state index in [1.54, 1.807) is 30.3 Å². The van der Waals surface area contributed by atoms with Crippen LogP contribution in [0.1, 0.15) is 5.56 Å². The predicted molar refractivity (Wildman–Crippen MR) is 96.9 cm³/mol.